The van der Waals surface area contributed by atoms with Gasteiger partial charge < -0.3 is 20.5 Å². The number of carbonyl (C=O) groups excluding carboxylic acids is 2. The number of alkyl carbamates (subject to hydrolysis) is 1. The second-order valence-corrected chi connectivity index (χ2v) is 7.93. The first kappa shape index (κ1) is 20.7. The molecule has 0 radical (unpaired) electrons. The number of aliphatic carboxylic acids is 1. The zero-order valence-electron chi connectivity index (χ0n) is 17.2. The molecular formula is C24H24N2O5. The fourth-order valence-corrected chi connectivity index (χ4v) is 3.92. The van der Waals surface area contributed by atoms with E-state index in [1.54, 1.807) is 0 Å². The van der Waals surface area contributed by atoms with Crippen molar-refractivity contribution < 1.29 is 24.2 Å². The molecule has 2 amide bonds. The summed E-state index contributed by atoms with van der Waals surface area (Å²) in [5.41, 5.74) is 3.71. The minimum Gasteiger partial charge on any atom is -0.478 e. The summed E-state index contributed by atoms with van der Waals surface area (Å²) >= 11 is 0. The number of carboxylic acid groups (broad SMARTS) is 1. The molecule has 160 valence electrons. The lowest BCUT2D eigenvalue weighted by Crippen LogP contribution is -2.49. The zero-order chi connectivity index (χ0) is 22.0. The Morgan fingerprint density at radius 2 is 1.65 bits per heavy atom. The van der Waals surface area contributed by atoms with Crippen molar-refractivity contribution in [1.29, 1.82) is 0 Å². The molecule has 31 heavy (non-hydrogen) atoms. The van der Waals surface area contributed by atoms with Crippen LogP contribution in [-0.2, 0) is 14.3 Å². The quantitative estimate of drug-likeness (QED) is 0.597. The highest BCUT2D eigenvalue weighted by molar-refractivity contribution is 5.93. The van der Waals surface area contributed by atoms with E-state index in [1.165, 1.54) is 13.0 Å². The number of benzene rings is 2. The van der Waals surface area contributed by atoms with Crippen LogP contribution in [0.5, 0.6) is 0 Å². The Bertz CT molecular complexity index is 1030. The predicted molar refractivity (Wildman–Crippen MR) is 115 cm³/mol. The van der Waals surface area contributed by atoms with Crippen LogP contribution in [0, 0.1) is 0 Å². The summed E-state index contributed by atoms with van der Waals surface area (Å²) in [6, 6.07) is 16.2. The van der Waals surface area contributed by atoms with Crippen molar-refractivity contribution in [1.82, 2.24) is 10.6 Å². The van der Waals surface area contributed by atoms with Gasteiger partial charge >= 0.3 is 12.1 Å². The minimum atomic E-state index is -1.04. The Balaban J connectivity index is 1.35. The summed E-state index contributed by atoms with van der Waals surface area (Å²) in [7, 11) is 0. The maximum Gasteiger partial charge on any atom is 0.408 e. The van der Waals surface area contributed by atoms with E-state index in [0.717, 1.165) is 22.3 Å². The average Bonchev–Trinajstić information content (AvgIpc) is 3.47. The molecule has 0 saturated heterocycles. The predicted octanol–water partition coefficient (Wildman–Crippen LogP) is 3.20. The highest BCUT2D eigenvalue weighted by atomic mass is 16.5. The molecule has 0 spiro atoms. The SMILES string of the molecule is C/C(=C\CNC(=O)C1(NC(=O)OCC2c3ccccc3-c3ccccc32)CC1)C(=O)O. The lowest BCUT2D eigenvalue weighted by molar-refractivity contribution is -0.132. The van der Waals surface area contributed by atoms with Gasteiger partial charge in [0.2, 0.25) is 5.91 Å². The first-order valence-electron chi connectivity index (χ1n) is 10.2. The van der Waals surface area contributed by atoms with Gasteiger partial charge in [-0.1, -0.05) is 54.6 Å². The van der Waals surface area contributed by atoms with Crippen molar-refractivity contribution >= 4 is 18.0 Å². The molecule has 0 bridgehead atoms. The molecule has 2 aromatic rings. The largest absolute Gasteiger partial charge is 0.478 e. The van der Waals surface area contributed by atoms with Crippen LogP contribution in [0.1, 0.15) is 36.8 Å². The summed E-state index contributed by atoms with van der Waals surface area (Å²) in [6.45, 7) is 1.72. The number of rotatable bonds is 7. The monoisotopic (exact) mass is 420 g/mol. The van der Waals surface area contributed by atoms with Crippen molar-refractivity contribution in [2.24, 2.45) is 0 Å². The van der Waals surface area contributed by atoms with Gasteiger partial charge in [0.15, 0.2) is 0 Å². The number of hydrogen-bond acceptors (Lipinski definition) is 4. The second-order valence-electron chi connectivity index (χ2n) is 7.93. The van der Waals surface area contributed by atoms with Crippen LogP contribution in [0.4, 0.5) is 4.79 Å². The van der Waals surface area contributed by atoms with E-state index in [-0.39, 0.29) is 30.5 Å². The molecule has 0 heterocycles. The third-order valence-electron chi connectivity index (χ3n) is 5.88. The summed E-state index contributed by atoms with van der Waals surface area (Å²) in [6.07, 6.45) is 1.82. The highest BCUT2D eigenvalue weighted by Crippen LogP contribution is 2.44. The molecule has 4 rings (SSSR count). The van der Waals surface area contributed by atoms with Crippen molar-refractivity contribution in [2.75, 3.05) is 13.2 Å². The van der Waals surface area contributed by atoms with E-state index in [0.29, 0.717) is 12.8 Å². The van der Waals surface area contributed by atoms with E-state index >= 15 is 0 Å². The van der Waals surface area contributed by atoms with Gasteiger partial charge in [0.05, 0.1) is 0 Å². The summed E-state index contributed by atoms with van der Waals surface area (Å²) in [5.74, 6) is -1.42. The zero-order valence-corrected chi connectivity index (χ0v) is 17.2. The molecule has 0 aliphatic heterocycles. The van der Waals surface area contributed by atoms with Crippen LogP contribution >= 0.6 is 0 Å². The van der Waals surface area contributed by atoms with Crippen molar-refractivity contribution in [3.63, 3.8) is 0 Å². The van der Waals surface area contributed by atoms with Crippen molar-refractivity contribution in [3.05, 3.63) is 71.3 Å². The van der Waals surface area contributed by atoms with E-state index < -0.39 is 17.6 Å². The third-order valence-corrected chi connectivity index (χ3v) is 5.88. The summed E-state index contributed by atoms with van der Waals surface area (Å²) < 4.78 is 5.52. The second kappa shape index (κ2) is 8.26. The number of carbonyl (C=O) groups is 3. The van der Waals surface area contributed by atoms with Gasteiger partial charge in [0, 0.05) is 18.0 Å². The number of hydrogen-bond donors (Lipinski definition) is 3. The molecule has 3 N–H and O–H groups in total. The molecule has 7 nitrogen and oxygen atoms in total. The minimum absolute atomic E-state index is 0.0498. The van der Waals surface area contributed by atoms with Crippen molar-refractivity contribution in [3.8, 4) is 11.1 Å². The maximum atomic E-state index is 12.5. The highest BCUT2D eigenvalue weighted by Gasteiger charge is 2.51. The van der Waals surface area contributed by atoms with E-state index in [2.05, 4.69) is 22.8 Å². The van der Waals surface area contributed by atoms with Gasteiger partial charge in [-0.05, 0) is 42.0 Å². The molecule has 7 heteroatoms. The van der Waals surface area contributed by atoms with Gasteiger partial charge in [-0.2, -0.15) is 0 Å². The van der Waals surface area contributed by atoms with E-state index in [4.69, 9.17) is 9.84 Å². The van der Waals surface area contributed by atoms with Crippen LogP contribution in [0.3, 0.4) is 0 Å². The molecule has 1 fully saturated rings. The molecular weight excluding hydrogens is 396 g/mol. The smallest absolute Gasteiger partial charge is 0.408 e. The van der Waals surface area contributed by atoms with Crippen LogP contribution in [0.2, 0.25) is 0 Å². The Morgan fingerprint density at radius 1 is 1.06 bits per heavy atom. The Morgan fingerprint density at radius 3 is 2.19 bits per heavy atom. The van der Waals surface area contributed by atoms with Crippen LogP contribution in [0.25, 0.3) is 11.1 Å². The Kier molecular flexibility index (Phi) is 5.50. The lowest BCUT2D eigenvalue weighted by Gasteiger charge is -2.18. The van der Waals surface area contributed by atoms with Gasteiger partial charge in [-0.15, -0.1) is 0 Å². The fourth-order valence-electron chi connectivity index (χ4n) is 3.92. The average molecular weight is 420 g/mol. The topological polar surface area (TPSA) is 105 Å². The number of ether oxygens (including phenoxy) is 1. The maximum absolute atomic E-state index is 12.5. The van der Waals surface area contributed by atoms with E-state index in [9.17, 15) is 14.4 Å². The number of amides is 2. The van der Waals surface area contributed by atoms with Crippen LogP contribution in [0.15, 0.2) is 60.2 Å². The molecule has 2 aliphatic rings. The van der Waals surface area contributed by atoms with Crippen LogP contribution in [-0.4, -0.2) is 41.8 Å². The first-order valence-corrected chi connectivity index (χ1v) is 10.2. The van der Waals surface area contributed by atoms with Gasteiger partial charge in [-0.3, -0.25) is 4.79 Å². The lowest BCUT2D eigenvalue weighted by atomic mass is 9.98. The number of carboxylic acids is 1. The Labute approximate surface area is 180 Å². The van der Waals surface area contributed by atoms with Gasteiger partial charge in [0.1, 0.15) is 12.1 Å². The van der Waals surface area contributed by atoms with Gasteiger partial charge in [0.25, 0.3) is 0 Å². The Hall–Kier alpha value is -3.61. The normalized spacial score (nSPS) is 16.1. The molecule has 0 aromatic heterocycles. The molecule has 0 unspecified atom stereocenters. The standard InChI is InChI=1S/C24H24N2O5/c1-15(21(27)28)10-13-25-22(29)24(11-12-24)26-23(30)31-14-20-18-8-4-2-6-16(18)17-7-3-5-9-19(17)20/h2-10,20H,11-14H2,1H3,(H,25,29)(H,26,30)(H,27,28)/b15-10+. The summed E-state index contributed by atoms with van der Waals surface area (Å²) in [5, 5.41) is 14.2. The fraction of sp³-hybridized carbons (Fsp3) is 0.292. The number of nitrogens with one attached hydrogen (secondary N) is 2. The van der Waals surface area contributed by atoms with E-state index in [1.807, 2.05) is 36.4 Å². The van der Waals surface area contributed by atoms with Crippen molar-refractivity contribution in [2.45, 2.75) is 31.2 Å². The molecule has 1 saturated carbocycles. The summed E-state index contributed by atoms with van der Waals surface area (Å²) in [4.78, 5) is 35.7. The molecule has 2 aliphatic carbocycles. The van der Waals surface area contributed by atoms with Gasteiger partial charge in [-0.25, -0.2) is 9.59 Å². The molecule has 2 aromatic carbocycles. The first-order chi connectivity index (χ1) is 14.9. The third kappa shape index (κ3) is 4.17. The molecule has 0 atom stereocenters. The van der Waals surface area contributed by atoms with Crippen LogP contribution < -0.4 is 10.6 Å². The number of fused-ring (bicyclic) bond motifs is 3.